The van der Waals surface area contributed by atoms with E-state index in [1.54, 1.807) is 24.3 Å². The highest BCUT2D eigenvalue weighted by Crippen LogP contribution is 2.38. The number of benzene rings is 2. The topological polar surface area (TPSA) is 38.7 Å². The van der Waals surface area contributed by atoms with E-state index in [1.165, 1.54) is 26.4 Å². The van der Waals surface area contributed by atoms with Crippen molar-refractivity contribution in [3.05, 3.63) is 59.4 Å². The largest absolute Gasteiger partial charge is 0.493 e. The van der Waals surface area contributed by atoms with Gasteiger partial charge in [0.25, 0.3) is 0 Å². The third-order valence-electron chi connectivity index (χ3n) is 2.92. The fraction of sp³-hybridized carbons (Fsp3) is 0.200. The van der Waals surface area contributed by atoms with Gasteiger partial charge in [0.15, 0.2) is 11.5 Å². The Balaban J connectivity index is 2.55. The lowest BCUT2D eigenvalue weighted by Gasteiger charge is -2.18. The zero-order valence-electron chi connectivity index (χ0n) is 10.8. The highest BCUT2D eigenvalue weighted by Gasteiger charge is 2.23. The van der Waals surface area contributed by atoms with Crippen LogP contribution in [0.5, 0.6) is 11.5 Å². The zero-order chi connectivity index (χ0) is 13.8. The van der Waals surface area contributed by atoms with Crippen LogP contribution in [0.1, 0.15) is 17.2 Å². The van der Waals surface area contributed by atoms with Gasteiger partial charge in [-0.1, -0.05) is 30.3 Å². The quantitative estimate of drug-likeness (QED) is 0.920. The summed E-state index contributed by atoms with van der Waals surface area (Å²) >= 11 is 0. The number of aliphatic hydroxyl groups excluding tert-OH is 1. The molecule has 0 aromatic heterocycles. The summed E-state index contributed by atoms with van der Waals surface area (Å²) < 4.78 is 24.3. The summed E-state index contributed by atoms with van der Waals surface area (Å²) in [5, 5.41) is 10.3. The first-order chi connectivity index (χ1) is 9.19. The molecule has 0 saturated heterocycles. The summed E-state index contributed by atoms with van der Waals surface area (Å²) in [6, 6.07) is 11.6. The van der Waals surface area contributed by atoms with Gasteiger partial charge in [0.1, 0.15) is 11.9 Å². The molecule has 3 nitrogen and oxygen atoms in total. The van der Waals surface area contributed by atoms with E-state index in [0.717, 1.165) is 0 Å². The highest BCUT2D eigenvalue weighted by molar-refractivity contribution is 5.50. The first-order valence-corrected chi connectivity index (χ1v) is 5.82. The molecule has 0 bridgehead atoms. The molecule has 19 heavy (non-hydrogen) atoms. The van der Waals surface area contributed by atoms with E-state index < -0.39 is 11.9 Å². The minimum atomic E-state index is -1.11. The number of hydrogen-bond acceptors (Lipinski definition) is 3. The molecule has 0 heterocycles. The number of methoxy groups -OCH3 is 2. The van der Waals surface area contributed by atoms with E-state index in [9.17, 15) is 9.50 Å². The second kappa shape index (κ2) is 5.71. The van der Waals surface area contributed by atoms with Gasteiger partial charge in [0.05, 0.1) is 19.8 Å². The van der Waals surface area contributed by atoms with E-state index in [2.05, 4.69) is 0 Å². The van der Waals surface area contributed by atoms with Crippen LogP contribution in [0.2, 0.25) is 0 Å². The van der Waals surface area contributed by atoms with Crippen molar-refractivity contribution in [1.29, 1.82) is 0 Å². The Morgan fingerprint density at radius 2 is 1.68 bits per heavy atom. The third-order valence-corrected chi connectivity index (χ3v) is 2.92. The first-order valence-electron chi connectivity index (χ1n) is 5.82. The van der Waals surface area contributed by atoms with Crippen LogP contribution >= 0.6 is 0 Å². The maximum atomic E-state index is 14.0. The fourth-order valence-corrected chi connectivity index (χ4v) is 1.98. The molecule has 100 valence electrons. The van der Waals surface area contributed by atoms with Crippen LogP contribution in [-0.2, 0) is 0 Å². The van der Waals surface area contributed by atoms with Crippen molar-refractivity contribution in [3.8, 4) is 11.5 Å². The molecule has 0 aliphatic carbocycles. The number of rotatable bonds is 4. The molecular weight excluding hydrogens is 247 g/mol. The van der Waals surface area contributed by atoms with E-state index in [-0.39, 0.29) is 11.3 Å². The maximum absolute atomic E-state index is 14.0. The van der Waals surface area contributed by atoms with Crippen LogP contribution in [0.25, 0.3) is 0 Å². The molecule has 1 unspecified atom stereocenters. The summed E-state index contributed by atoms with van der Waals surface area (Å²) in [4.78, 5) is 0. The van der Waals surface area contributed by atoms with E-state index in [1.807, 2.05) is 6.07 Å². The summed E-state index contributed by atoms with van der Waals surface area (Å²) in [6.45, 7) is 0. The molecule has 0 fully saturated rings. The normalized spacial score (nSPS) is 12.0. The van der Waals surface area contributed by atoms with Gasteiger partial charge in [-0.25, -0.2) is 4.39 Å². The molecule has 0 radical (unpaired) electrons. The van der Waals surface area contributed by atoms with Gasteiger partial charge >= 0.3 is 0 Å². The molecule has 0 amide bonds. The van der Waals surface area contributed by atoms with E-state index in [4.69, 9.17) is 9.47 Å². The zero-order valence-corrected chi connectivity index (χ0v) is 10.8. The van der Waals surface area contributed by atoms with Gasteiger partial charge in [-0.3, -0.25) is 0 Å². The monoisotopic (exact) mass is 262 g/mol. The average molecular weight is 262 g/mol. The van der Waals surface area contributed by atoms with Gasteiger partial charge < -0.3 is 14.6 Å². The lowest BCUT2D eigenvalue weighted by molar-refractivity contribution is 0.207. The molecule has 4 heteroatoms. The van der Waals surface area contributed by atoms with E-state index in [0.29, 0.717) is 11.3 Å². The second-order valence-electron chi connectivity index (χ2n) is 4.01. The predicted molar refractivity (Wildman–Crippen MR) is 70.0 cm³/mol. The molecule has 0 aliphatic heterocycles. The Labute approximate surface area is 111 Å². The van der Waals surface area contributed by atoms with Crippen LogP contribution in [0.4, 0.5) is 4.39 Å². The Hall–Kier alpha value is -2.07. The Kier molecular flexibility index (Phi) is 4.02. The maximum Gasteiger partial charge on any atom is 0.169 e. The van der Waals surface area contributed by atoms with Crippen molar-refractivity contribution >= 4 is 0 Å². The second-order valence-corrected chi connectivity index (χ2v) is 4.01. The third kappa shape index (κ3) is 2.53. The Morgan fingerprint density at radius 3 is 2.26 bits per heavy atom. The average Bonchev–Trinajstić information content (AvgIpc) is 2.47. The summed E-state index contributed by atoms with van der Waals surface area (Å²) in [5.41, 5.74) is 0.668. The number of halogens is 1. The van der Waals surface area contributed by atoms with Gasteiger partial charge in [-0.05, 0) is 17.7 Å². The summed E-state index contributed by atoms with van der Waals surface area (Å²) in [5.74, 6) is 0.0572. The lowest BCUT2D eigenvalue weighted by atomic mass is 9.99. The van der Waals surface area contributed by atoms with Crippen molar-refractivity contribution < 1.29 is 19.0 Å². The summed E-state index contributed by atoms with van der Waals surface area (Å²) in [7, 11) is 2.88. The molecule has 0 aliphatic rings. The number of ether oxygens (including phenoxy) is 2. The summed E-state index contributed by atoms with van der Waals surface area (Å²) in [6.07, 6.45) is -1.11. The molecular formula is C15H15FO3. The number of hydrogen-bond donors (Lipinski definition) is 1. The van der Waals surface area contributed by atoms with Crippen molar-refractivity contribution in [1.82, 2.24) is 0 Å². The molecule has 0 saturated carbocycles. The van der Waals surface area contributed by atoms with Crippen LogP contribution in [0.3, 0.4) is 0 Å². The van der Waals surface area contributed by atoms with Crippen LogP contribution < -0.4 is 9.47 Å². The van der Waals surface area contributed by atoms with Crippen molar-refractivity contribution in [2.24, 2.45) is 0 Å². The molecule has 0 spiro atoms. The highest BCUT2D eigenvalue weighted by atomic mass is 19.1. The molecule has 2 aromatic carbocycles. The van der Waals surface area contributed by atoms with E-state index >= 15 is 0 Å². The van der Waals surface area contributed by atoms with Crippen LogP contribution in [0, 0.1) is 5.82 Å². The van der Waals surface area contributed by atoms with Gasteiger partial charge in [-0.2, -0.15) is 0 Å². The Morgan fingerprint density at radius 1 is 1.00 bits per heavy atom. The van der Waals surface area contributed by atoms with Crippen LogP contribution in [0.15, 0.2) is 42.5 Å². The SMILES string of the molecule is COc1ccc(F)c(C(O)c2ccccc2)c1OC. The fourth-order valence-electron chi connectivity index (χ4n) is 1.98. The molecule has 1 atom stereocenters. The minimum Gasteiger partial charge on any atom is -0.493 e. The predicted octanol–water partition coefficient (Wildman–Crippen LogP) is 2.92. The van der Waals surface area contributed by atoms with Gasteiger partial charge in [0, 0.05) is 0 Å². The minimum absolute atomic E-state index is 0.0769. The van der Waals surface area contributed by atoms with Crippen molar-refractivity contribution in [2.45, 2.75) is 6.10 Å². The number of aliphatic hydroxyl groups is 1. The lowest BCUT2D eigenvalue weighted by Crippen LogP contribution is -2.06. The molecule has 1 N–H and O–H groups in total. The Bertz CT molecular complexity index is 555. The van der Waals surface area contributed by atoms with Crippen molar-refractivity contribution in [2.75, 3.05) is 14.2 Å². The molecule has 2 aromatic rings. The molecule has 2 rings (SSSR count). The van der Waals surface area contributed by atoms with Crippen molar-refractivity contribution in [3.63, 3.8) is 0 Å². The van der Waals surface area contributed by atoms with Crippen LogP contribution in [-0.4, -0.2) is 19.3 Å². The van der Waals surface area contributed by atoms with Gasteiger partial charge in [0.2, 0.25) is 0 Å². The first kappa shape index (κ1) is 13.4. The standard InChI is InChI=1S/C15H15FO3/c1-18-12-9-8-11(16)13(15(12)19-2)14(17)10-6-4-3-5-7-10/h3-9,14,17H,1-2H3. The smallest absolute Gasteiger partial charge is 0.169 e. The van der Waals surface area contributed by atoms with Gasteiger partial charge in [-0.15, -0.1) is 0 Å².